The highest BCUT2D eigenvalue weighted by Crippen LogP contribution is 2.41. The zero-order valence-corrected chi connectivity index (χ0v) is 16.0. The van der Waals surface area contributed by atoms with Crippen LogP contribution in [0.5, 0.6) is 5.88 Å². The first-order chi connectivity index (χ1) is 12.9. The van der Waals surface area contributed by atoms with E-state index < -0.39 is 4.92 Å². The normalized spacial score (nSPS) is 17.4. The number of hydrogen-bond donors (Lipinski definition) is 1. The molecule has 2 aromatic heterocycles. The molecule has 1 aliphatic heterocycles. The molecule has 1 atom stereocenters. The molecule has 0 aliphatic carbocycles. The molecule has 0 saturated carbocycles. The van der Waals surface area contributed by atoms with Gasteiger partial charge in [-0.2, -0.15) is 4.52 Å². The monoisotopic (exact) mass is 387 g/mol. The number of non-ortho nitro benzene ring substituents is 1. The molecule has 1 aromatic carbocycles. The van der Waals surface area contributed by atoms with Crippen molar-refractivity contribution in [2.75, 3.05) is 13.1 Å². The maximum atomic E-state index is 11.0. The number of aromatic hydroxyl groups is 1. The highest BCUT2D eigenvalue weighted by atomic mass is 32.1. The molecule has 1 N–H and O–H groups in total. The summed E-state index contributed by atoms with van der Waals surface area (Å²) in [5.74, 6) is 1.39. The summed E-state index contributed by atoms with van der Waals surface area (Å²) >= 11 is 1.42. The number of aryl methyl sites for hydroxylation is 1. The average Bonchev–Trinajstić information content (AvgIpc) is 3.15. The van der Waals surface area contributed by atoms with Gasteiger partial charge < -0.3 is 5.11 Å². The van der Waals surface area contributed by atoms with Gasteiger partial charge in [-0.05, 0) is 44.3 Å². The van der Waals surface area contributed by atoms with Crippen molar-refractivity contribution in [1.29, 1.82) is 0 Å². The fourth-order valence-corrected chi connectivity index (χ4v) is 4.78. The van der Waals surface area contributed by atoms with Crippen molar-refractivity contribution in [2.45, 2.75) is 32.7 Å². The molecular formula is C18H21N5O3S. The summed E-state index contributed by atoms with van der Waals surface area (Å²) in [5.41, 5.74) is 0.985. The van der Waals surface area contributed by atoms with Gasteiger partial charge in [0.25, 0.3) is 5.69 Å². The summed E-state index contributed by atoms with van der Waals surface area (Å²) in [4.78, 5) is 18.7. The molecule has 0 radical (unpaired) electrons. The maximum Gasteiger partial charge on any atom is 0.269 e. The Labute approximate surface area is 160 Å². The van der Waals surface area contributed by atoms with Crippen molar-refractivity contribution < 1.29 is 10.0 Å². The van der Waals surface area contributed by atoms with E-state index in [1.807, 2.05) is 0 Å². The van der Waals surface area contributed by atoms with Crippen LogP contribution in [0, 0.1) is 23.0 Å². The SMILES string of the molecule is Cc1nc2sc([C@@H](c3ccc([N+](=O)[O-])cc3)N3CCC(C)CC3)c(O)n2n1. The van der Waals surface area contributed by atoms with Gasteiger partial charge in [-0.15, -0.1) is 5.10 Å². The summed E-state index contributed by atoms with van der Waals surface area (Å²) < 4.78 is 1.47. The zero-order valence-electron chi connectivity index (χ0n) is 15.2. The summed E-state index contributed by atoms with van der Waals surface area (Å²) in [7, 11) is 0. The predicted octanol–water partition coefficient (Wildman–Crippen LogP) is 3.53. The number of likely N-dealkylation sites (tertiary alicyclic amines) is 1. The van der Waals surface area contributed by atoms with E-state index in [0.29, 0.717) is 16.7 Å². The fourth-order valence-electron chi connectivity index (χ4n) is 3.62. The van der Waals surface area contributed by atoms with Gasteiger partial charge in [-0.1, -0.05) is 30.4 Å². The number of hydrogen-bond acceptors (Lipinski definition) is 7. The third-order valence-corrected chi connectivity index (χ3v) is 6.23. The van der Waals surface area contributed by atoms with E-state index in [9.17, 15) is 15.2 Å². The smallest absolute Gasteiger partial charge is 0.269 e. The van der Waals surface area contributed by atoms with Crippen molar-refractivity contribution in [3.05, 3.63) is 50.6 Å². The topological polar surface area (TPSA) is 96.8 Å². The number of fused-ring (bicyclic) bond motifs is 1. The Morgan fingerprint density at radius 3 is 2.56 bits per heavy atom. The van der Waals surface area contributed by atoms with E-state index in [4.69, 9.17) is 0 Å². The van der Waals surface area contributed by atoms with E-state index in [0.717, 1.165) is 36.4 Å². The Morgan fingerprint density at radius 2 is 1.96 bits per heavy atom. The molecule has 0 bridgehead atoms. The second-order valence-corrected chi connectivity index (χ2v) is 8.12. The molecule has 4 rings (SSSR count). The molecule has 1 aliphatic rings. The van der Waals surface area contributed by atoms with E-state index in [-0.39, 0.29) is 17.6 Å². The molecule has 142 valence electrons. The molecular weight excluding hydrogens is 366 g/mol. The lowest BCUT2D eigenvalue weighted by Gasteiger charge is -2.36. The minimum Gasteiger partial charge on any atom is -0.492 e. The first-order valence-corrected chi connectivity index (χ1v) is 9.79. The summed E-state index contributed by atoms with van der Waals surface area (Å²) in [5, 5.41) is 26.1. The van der Waals surface area contributed by atoms with Crippen LogP contribution in [0.3, 0.4) is 0 Å². The Balaban J connectivity index is 1.78. The number of nitro benzene ring substituents is 1. The van der Waals surface area contributed by atoms with Gasteiger partial charge in [-0.25, -0.2) is 4.98 Å². The molecule has 3 aromatic rings. The molecule has 8 nitrogen and oxygen atoms in total. The van der Waals surface area contributed by atoms with Crippen molar-refractivity contribution in [1.82, 2.24) is 19.5 Å². The molecule has 27 heavy (non-hydrogen) atoms. The van der Waals surface area contributed by atoms with Gasteiger partial charge >= 0.3 is 0 Å². The number of nitrogens with zero attached hydrogens (tertiary/aromatic N) is 5. The zero-order chi connectivity index (χ0) is 19.1. The lowest BCUT2D eigenvalue weighted by molar-refractivity contribution is -0.384. The van der Waals surface area contributed by atoms with Gasteiger partial charge in [-0.3, -0.25) is 15.0 Å². The van der Waals surface area contributed by atoms with Crippen LogP contribution in [0.4, 0.5) is 5.69 Å². The lowest BCUT2D eigenvalue weighted by atomic mass is 9.95. The van der Waals surface area contributed by atoms with Gasteiger partial charge in [0, 0.05) is 12.1 Å². The third kappa shape index (κ3) is 3.28. The average molecular weight is 387 g/mol. The Morgan fingerprint density at radius 1 is 1.30 bits per heavy atom. The number of thiazole rings is 1. The summed E-state index contributed by atoms with van der Waals surface area (Å²) in [6.45, 7) is 5.87. The number of nitro groups is 1. The van der Waals surface area contributed by atoms with Crippen LogP contribution in [-0.4, -0.2) is 42.6 Å². The molecule has 1 saturated heterocycles. The van der Waals surface area contributed by atoms with E-state index in [1.165, 1.54) is 28.0 Å². The Bertz CT molecular complexity index is 973. The quantitative estimate of drug-likeness (QED) is 0.543. The molecule has 0 spiro atoms. The predicted molar refractivity (Wildman–Crippen MR) is 102 cm³/mol. The van der Waals surface area contributed by atoms with Gasteiger partial charge in [0.2, 0.25) is 10.8 Å². The van der Waals surface area contributed by atoms with E-state index in [2.05, 4.69) is 21.9 Å². The van der Waals surface area contributed by atoms with Crippen molar-refractivity contribution in [2.24, 2.45) is 5.92 Å². The van der Waals surface area contributed by atoms with Crippen LogP contribution < -0.4 is 0 Å². The van der Waals surface area contributed by atoms with Gasteiger partial charge in [0.15, 0.2) is 0 Å². The van der Waals surface area contributed by atoms with Crippen molar-refractivity contribution >= 4 is 22.0 Å². The van der Waals surface area contributed by atoms with Crippen LogP contribution >= 0.6 is 11.3 Å². The fraction of sp³-hybridized carbons (Fsp3) is 0.444. The van der Waals surface area contributed by atoms with E-state index >= 15 is 0 Å². The molecule has 9 heteroatoms. The maximum absolute atomic E-state index is 11.0. The highest BCUT2D eigenvalue weighted by Gasteiger charge is 2.31. The number of aromatic nitrogens is 3. The van der Waals surface area contributed by atoms with E-state index in [1.54, 1.807) is 19.1 Å². The van der Waals surface area contributed by atoms with Crippen LogP contribution in [-0.2, 0) is 0 Å². The minimum absolute atomic E-state index is 0.0623. The molecule has 0 amide bonds. The molecule has 3 heterocycles. The molecule has 0 unspecified atom stereocenters. The van der Waals surface area contributed by atoms with Crippen LogP contribution in [0.25, 0.3) is 4.96 Å². The van der Waals surface area contributed by atoms with Crippen molar-refractivity contribution in [3.63, 3.8) is 0 Å². The lowest BCUT2D eigenvalue weighted by Crippen LogP contribution is -2.36. The molecule has 1 fully saturated rings. The summed E-state index contributed by atoms with van der Waals surface area (Å²) in [6.07, 6.45) is 2.17. The second-order valence-electron chi connectivity index (χ2n) is 7.11. The first-order valence-electron chi connectivity index (χ1n) is 8.97. The standard InChI is InChI=1S/C18H21N5O3S/c1-11-7-9-21(10-8-11)15(13-3-5-14(6-4-13)23(25)26)16-17(24)22-18(27-16)19-12(2)20-22/h3-6,11,15,24H,7-10H2,1-2H3/t15-/m1/s1. The van der Waals surface area contributed by atoms with Gasteiger partial charge in [0.05, 0.1) is 15.8 Å². The van der Waals surface area contributed by atoms with Crippen LogP contribution in [0.2, 0.25) is 0 Å². The van der Waals surface area contributed by atoms with Crippen LogP contribution in [0.1, 0.15) is 42.1 Å². The number of rotatable bonds is 4. The second kappa shape index (κ2) is 6.90. The van der Waals surface area contributed by atoms with Gasteiger partial charge in [0.1, 0.15) is 5.82 Å². The van der Waals surface area contributed by atoms with Crippen molar-refractivity contribution in [3.8, 4) is 5.88 Å². The summed E-state index contributed by atoms with van der Waals surface area (Å²) in [6, 6.07) is 6.43. The van der Waals surface area contributed by atoms with Crippen LogP contribution in [0.15, 0.2) is 24.3 Å². The largest absolute Gasteiger partial charge is 0.492 e. The number of benzene rings is 1. The highest BCUT2D eigenvalue weighted by molar-refractivity contribution is 7.17. The minimum atomic E-state index is -0.398. The third-order valence-electron chi connectivity index (χ3n) is 5.16. The Hall–Kier alpha value is -2.52. The Kier molecular flexibility index (Phi) is 4.56. The number of piperidine rings is 1. The first kappa shape index (κ1) is 17.9.